The number of hydrogen-bond acceptors (Lipinski definition) is 5. The van der Waals surface area contributed by atoms with Crippen molar-refractivity contribution in [3.63, 3.8) is 0 Å². The lowest BCUT2D eigenvalue weighted by atomic mass is 10.3. The fraction of sp³-hybridized carbons (Fsp3) is 0.176. The summed E-state index contributed by atoms with van der Waals surface area (Å²) in [5, 5.41) is 2.78. The van der Waals surface area contributed by atoms with Crippen molar-refractivity contribution < 1.29 is 27.1 Å². The van der Waals surface area contributed by atoms with Crippen LogP contribution in [0.25, 0.3) is 0 Å². The van der Waals surface area contributed by atoms with Crippen molar-refractivity contribution in [3.05, 3.63) is 59.4 Å². The molecule has 0 unspecified atom stereocenters. The van der Waals surface area contributed by atoms with Gasteiger partial charge in [0.1, 0.15) is 11.9 Å². The SMILES string of the molecule is C[C@H](NS(=O)(=O)c1ccc(Cl)cc1)C(=O)OCC(=O)Nc1ccc(F)cc1. The zero-order valence-corrected chi connectivity index (χ0v) is 15.7. The molecule has 27 heavy (non-hydrogen) atoms. The number of hydrogen-bond donors (Lipinski definition) is 2. The standard InChI is InChI=1S/C17H16ClFN2O5S/c1-11(21-27(24,25)15-8-2-12(18)3-9-15)17(23)26-10-16(22)20-14-6-4-13(19)5-7-14/h2-9,11,21H,10H2,1H3,(H,20,22)/t11-/m0/s1. The van der Waals surface area contributed by atoms with E-state index in [1.54, 1.807) is 0 Å². The minimum Gasteiger partial charge on any atom is -0.454 e. The molecule has 0 fully saturated rings. The molecule has 2 aromatic carbocycles. The third kappa shape index (κ3) is 6.31. The van der Waals surface area contributed by atoms with Gasteiger partial charge in [0.05, 0.1) is 4.90 Å². The molecule has 2 rings (SSSR count). The van der Waals surface area contributed by atoms with Crippen molar-refractivity contribution in [1.82, 2.24) is 4.72 Å². The van der Waals surface area contributed by atoms with E-state index in [1.807, 2.05) is 0 Å². The fourth-order valence-electron chi connectivity index (χ4n) is 1.95. The Morgan fingerprint density at radius 2 is 1.70 bits per heavy atom. The summed E-state index contributed by atoms with van der Waals surface area (Å²) in [5.41, 5.74) is 0.328. The quantitative estimate of drug-likeness (QED) is 0.677. The molecular formula is C17H16ClFN2O5S. The highest BCUT2D eigenvalue weighted by molar-refractivity contribution is 7.89. The van der Waals surface area contributed by atoms with Gasteiger partial charge in [-0.15, -0.1) is 0 Å². The van der Waals surface area contributed by atoms with E-state index in [0.29, 0.717) is 10.7 Å². The van der Waals surface area contributed by atoms with E-state index in [-0.39, 0.29) is 4.90 Å². The molecule has 2 aromatic rings. The van der Waals surface area contributed by atoms with Gasteiger partial charge in [-0.1, -0.05) is 11.6 Å². The molecule has 0 heterocycles. The number of halogens is 2. The molecule has 1 amide bonds. The number of sulfonamides is 1. The summed E-state index contributed by atoms with van der Waals surface area (Å²) in [6.07, 6.45) is 0. The first-order valence-corrected chi connectivity index (χ1v) is 9.53. The fourth-order valence-corrected chi connectivity index (χ4v) is 3.27. The van der Waals surface area contributed by atoms with E-state index in [9.17, 15) is 22.4 Å². The Hall–Kier alpha value is -2.49. The summed E-state index contributed by atoms with van der Waals surface area (Å²) in [5.74, 6) is -2.04. The second kappa shape index (κ2) is 8.94. The van der Waals surface area contributed by atoms with Gasteiger partial charge in [-0.05, 0) is 55.5 Å². The Labute approximate surface area is 160 Å². The van der Waals surface area contributed by atoms with Crippen LogP contribution < -0.4 is 10.0 Å². The zero-order valence-electron chi connectivity index (χ0n) is 14.1. The summed E-state index contributed by atoms with van der Waals surface area (Å²) in [6.45, 7) is 0.664. The topological polar surface area (TPSA) is 102 Å². The second-order valence-electron chi connectivity index (χ2n) is 5.46. The Bertz CT molecular complexity index is 917. The second-order valence-corrected chi connectivity index (χ2v) is 7.61. The molecular weight excluding hydrogens is 399 g/mol. The molecule has 0 aliphatic rings. The van der Waals surface area contributed by atoms with Gasteiger partial charge in [-0.2, -0.15) is 4.72 Å². The minimum absolute atomic E-state index is 0.0689. The zero-order chi connectivity index (χ0) is 20.0. The lowest BCUT2D eigenvalue weighted by Gasteiger charge is -2.14. The highest BCUT2D eigenvalue weighted by Crippen LogP contribution is 2.14. The molecule has 0 spiro atoms. The number of ether oxygens (including phenoxy) is 1. The van der Waals surface area contributed by atoms with E-state index in [4.69, 9.17) is 16.3 Å². The van der Waals surface area contributed by atoms with Gasteiger partial charge < -0.3 is 10.1 Å². The number of carbonyl (C=O) groups is 2. The number of esters is 1. The lowest BCUT2D eigenvalue weighted by molar-refractivity contribution is -0.148. The highest BCUT2D eigenvalue weighted by atomic mass is 35.5. The maximum atomic E-state index is 12.8. The molecule has 144 valence electrons. The predicted octanol–water partition coefficient (Wildman–Crippen LogP) is 2.33. The maximum Gasteiger partial charge on any atom is 0.324 e. The Balaban J connectivity index is 1.86. The first-order chi connectivity index (χ1) is 12.7. The number of amides is 1. The van der Waals surface area contributed by atoms with E-state index in [2.05, 4.69) is 10.0 Å². The molecule has 0 saturated heterocycles. The Morgan fingerprint density at radius 1 is 1.11 bits per heavy atom. The van der Waals surface area contributed by atoms with Crippen LogP contribution in [-0.2, 0) is 24.3 Å². The van der Waals surface area contributed by atoms with Crippen molar-refractivity contribution in [2.45, 2.75) is 17.9 Å². The average molecular weight is 415 g/mol. The van der Waals surface area contributed by atoms with Gasteiger partial charge >= 0.3 is 5.97 Å². The highest BCUT2D eigenvalue weighted by Gasteiger charge is 2.23. The largest absolute Gasteiger partial charge is 0.454 e. The van der Waals surface area contributed by atoms with Crippen LogP contribution in [0.4, 0.5) is 10.1 Å². The summed E-state index contributed by atoms with van der Waals surface area (Å²) in [7, 11) is -3.96. The summed E-state index contributed by atoms with van der Waals surface area (Å²) >= 11 is 5.71. The van der Waals surface area contributed by atoms with Crippen LogP contribution >= 0.6 is 11.6 Å². The lowest BCUT2D eigenvalue weighted by Crippen LogP contribution is -2.40. The number of nitrogens with one attached hydrogen (secondary N) is 2. The monoisotopic (exact) mass is 414 g/mol. The first-order valence-electron chi connectivity index (χ1n) is 7.67. The van der Waals surface area contributed by atoms with Crippen LogP contribution in [0.3, 0.4) is 0 Å². The maximum absolute atomic E-state index is 12.8. The van der Waals surface area contributed by atoms with Gasteiger partial charge in [0.25, 0.3) is 5.91 Å². The third-order valence-corrected chi connectivity index (χ3v) is 5.09. The van der Waals surface area contributed by atoms with E-state index in [1.165, 1.54) is 43.3 Å². The molecule has 0 radical (unpaired) electrons. The Kier molecular flexibility index (Phi) is 6.89. The number of anilines is 1. The van der Waals surface area contributed by atoms with Crippen molar-refractivity contribution in [2.75, 3.05) is 11.9 Å². The molecule has 0 saturated carbocycles. The molecule has 0 aromatic heterocycles. The van der Waals surface area contributed by atoms with Crippen LogP contribution in [-0.4, -0.2) is 32.9 Å². The minimum atomic E-state index is -3.96. The molecule has 10 heteroatoms. The van der Waals surface area contributed by atoms with Crippen molar-refractivity contribution >= 4 is 39.2 Å². The van der Waals surface area contributed by atoms with Crippen LogP contribution in [0.2, 0.25) is 5.02 Å². The van der Waals surface area contributed by atoms with Crippen LogP contribution in [0.15, 0.2) is 53.4 Å². The summed E-state index contributed by atoms with van der Waals surface area (Å²) in [6, 6.07) is 9.18. The third-order valence-electron chi connectivity index (χ3n) is 3.28. The smallest absolute Gasteiger partial charge is 0.324 e. The molecule has 7 nitrogen and oxygen atoms in total. The predicted molar refractivity (Wildman–Crippen MR) is 97.2 cm³/mol. The van der Waals surface area contributed by atoms with Gasteiger partial charge in [-0.3, -0.25) is 9.59 Å². The van der Waals surface area contributed by atoms with E-state index >= 15 is 0 Å². The molecule has 0 bridgehead atoms. The molecule has 2 N–H and O–H groups in total. The molecule has 0 aliphatic carbocycles. The Morgan fingerprint density at radius 3 is 2.30 bits per heavy atom. The van der Waals surface area contributed by atoms with Crippen molar-refractivity contribution in [3.8, 4) is 0 Å². The summed E-state index contributed by atoms with van der Waals surface area (Å²) < 4.78 is 44.1. The van der Waals surface area contributed by atoms with Crippen LogP contribution in [0.1, 0.15) is 6.92 Å². The van der Waals surface area contributed by atoms with Gasteiger partial charge in [0.15, 0.2) is 6.61 Å². The van der Waals surface area contributed by atoms with E-state index < -0.39 is 40.4 Å². The van der Waals surface area contributed by atoms with Crippen LogP contribution in [0, 0.1) is 5.82 Å². The average Bonchev–Trinajstić information content (AvgIpc) is 2.61. The van der Waals surface area contributed by atoms with Crippen LogP contribution in [0.5, 0.6) is 0 Å². The van der Waals surface area contributed by atoms with Gasteiger partial charge in [0.2, 0.25) is 10.0 Å². The normalized spacial score (nSPS) is 12.3. The number of carbonyl (C=O) groups excluding carboxylic acids is 2. The first kappa shape index (κ1) is 20.8. The molecule has 0 aliphatic heterocycles. The molecule has 1 atom stereocenters. The van der Waals surface area contributed by atoms with Gasteiger partial charge in [-0.25, -0.2) is 12.8 Å². The number of rotatable bonds is 7. The summed E-state index contributed by atoms with van der Waals surface area (Å²) in [4.78, 5) is 23.6. The van der Waals surface area contributed by atoms with Crippen molar-refractivity contribution in [1.29, 1.82) is 0 Å². The number of benzene rings is 2. The van der Waals surface area contributed by atoms with Gasteiger partial charge in [0, 0.05) is 10.7 Å². The van der Waals surface area contributed by atoms with E-state index in [0.717, 1.165) is 12.1 Å². The van der Waals surface area contributed by atoms with Crippen molar-refractivity contribution in [2.24, 2.45) is 0 Å².